The van der Waals surface area contributed by atoms with E-state index in [-0.39, 0.29) is 11.9 Å². The number of benzene rings is 1. The highest BCUT2D eigenvalue weighted by Crippen LogP contribution is 2.11. The summed E-state index contributed by atoms with van der Waals surface area (Å²) in [7, 11) is 0. The lowest BCUT2D eigenvalue weighted by Gasteiger charge is -2.07. The second-order valence-corrected chi connectivity index (χ2v) is 4.69. The van der Waals surface area contributed by atoms with Crippen LogP contribution >= 0.6 is 11.6 Å². The Bertz CT molecular complexity index is 593. The summed E-state index contributed by atoms with van der Waals surface area (Å²) in [5, 5.41) is 2.97. The third-order valence-corrected chi connectivity index (χ3v) is 2.88. The molecule has 1 amide bonds. The zero-order valence-electron chi connectivity index (χ0n) is 10.8. The molecule has 1 N–H and O–H groups in total. The second-order valence-electron chi connectivity index (χ2n) is 4.31. The molecule has 2 rings (SSSR count). The SMILES string of the molecule is Cc1cc(Cl)nc(NC(=O)Cc2ccccc2C)n1. The number of aryl methyl sites for hydroxylation is 2. The molecule has 0 aliphatic carbocycles. The van der Waals surface area contributed by atoms with E-state index in [1.807, 2.05) is 31.2 Å². The molecular weight excluding hydrogens is 262 g/mol. The molecule has 0 aliphatic rings. The smallest absolute Gasteiger partial charge is 0.231 e. The van der Waals surface area contributed by atoms with Crippen LogP contribution in [0.25, 0.3) is 0 Å². The molecule has 1 aromatic carbocycles. The van der Waals surface area contributed by atoms with E-state index in [4.69, 9.17) is 11.6 Å². The summed E-state index contributed by atoms with van der Waals surface area (Å²) in [4.78, 5) is 20.0. The van der Waals surface area contributed by atoms with Gasteiger partial charge in [0.15, 0.2) is 0 Å². The van der Waals surface area contributed by atoms with Gasteiger partial charge >= 0.3 is 0 Å². The lowest BCUT2D eigenvalue weighted by molar-refractivity contribution is -0.115. The summed E-state index contributed by atoms with van der Waals surface area (Å²) < 4.78 is 0. The summed E-state index contributed by atoms with van der Waals surface area (Å²) in [5.41, 5.74) is 2.78. The van der Waals surface area contributed by atoms with Crippen LogP contribution in [-0.4, -0.2) is 15.9 Å². The van der Waals surface area contributed by atoms with Gasteiger partial charge in [-0.2, -0.15) is 0 Å². The Hall–Kier alpha value is -1.94. The molecule has 5 heteroatoms. The van der Waals surface area contributed by atoms with Crippen molar-refractivity contribution in [3.63, 3.8) is 0 Å². The molecule has 0 saturated heterocycles. The van der Waals surface area contributed by atoms with Gasteiger partial charge in [0.05, 0.1) is 6.42 Å². The van der Waals surface area contributed by atoms with Gasteiger partial charge in [-0.3, -0.25) is 10.1 Å². The summed E-state index contributed by atoms with van der Waals surface area (Å²) in [5.74, 6) is 0.0829. The lowest BCUT2D eigenvalue weighted by atomic mass is 10.1. The van der Waals surface area contributed by atoms with Gasteiger partial charge < -0.3 is 0 Å². The van der Waals surface area contributed by atoms with E-state index in [2.05, 4.69) is 15.3 Å². The summed E-state index contributed by atoms with van der Waals surface area (Å²) >= 11 is 5.82. The standard InChI is InChI=1S/C14H14ClN3O/c1-9-5-3-4-6-11(9)8-13(19)18-14-16-10(2)7-12(15)17-14/h3-7H,8H2,1-2H3,(H,16,17,18,19). The largest absolute Gasteiger partial charge is 0.294 e. The van der Waals surface area contributed by atoms with E-state index in [0.29, 0.717) is 17.3 Å². The highest BCUT2D eigenvalue weighted by molar-refractivity contribution is 6.29. The molecule has 0 unspecified atom stereocenters. The molecule has 4 nitrogen and oxygen atoms in total. The van der Waals surface area contributed by atoms with E-state index < -0.39 is 0 Å². The lowest BCUT2D eigenvalue weighted by Crippen LogP contribution is -2.17. The average Bonchev–Trinajstić information content (AvgIpc) is 2.30. The molecular formula is C14H14ClN3O. The minimum Gasteiger partial charge on any atom is -0.294 e. The van der Waals surface area contributed by atoms with Crippen LogP contribution in [0.15, 0.2) is 30.3 Å². The minimum absolute atomic E-state index is 0.157. The Kier molecular flexibility index (Phi) is 4.12. The number of rotatable bonds is 3. The average molecular weight is 276 g/mol. The van der Waals surface area contributed by atoms with Crippen molar-refractivity contribution in [1.82, 2.24) is 9.97 Å². The molecule has 1 aromatic heterocycles. The number of amides is 1. The quantitative estimate of drug-likeness (QED) is 0.876. The van der Waals surface area contributed by atoms with Crippen molar-refractivity contribution in [1.29, 1.82) is 0 Å². The summed E-state index contributed by atoms with van der Waals surface area (Å²) in [6, 6.07) is 9.40. The number of nitrogens with zero attached hydrogens (tertiary/aromatic N) is 2. The normalized spacial score (nSPS) is 10.3. The monoisotopic (exact) mass is 275 g/mol. The van der Waals surface area contributed by atoms with Crippen LogP contribution in [0.3, 0.4) is 0 Å². The number of aromatic nitrogens is 2. The van der Waals surface area contributed by atoms with Crippen LogP contribution in [0.5, 0.6) is 0 Å². The van der Waals surface area contributed by atoms with Gasteiger partial charge in [-0.25, -0.2) is 9.97 Å². The molecule has 0 fully saturated rings. The van der Waals surface area contributed by atoms with Crippen LogP contribution < -0.4 is 5.32 Å². The molecule has 0 spiro atoms. The number of halogens is 1. The fourth-order valence-corrected chi connectivity index (χ4v) is 1.97. The van der Waals surface area contributed by atoms with Crippen molar-refractivity contribution in [2.75, 3.05) is 5.32 Å². The van der Waals surface area contributed by atoms with E-state index in [1.54, 1.807) is 13.0 Å². The molecule has 1 heterocycles. The maximum absolute atomic E-state index is 11.9. The van der Waals surface area contributed by atoms with E-state index in [9.17, 15) is 4.79 Å². The predicted molar refractivity (Wildman–Crippen MR) is 75.3 cm³/mol. The van der Waals surface area contributed by atoms with Crippen LogP contribution in [0.1, 0.15) is 16.8 Å². The number of hydrogen-bond acceptors (Lipinski definition) is 3. The van der Waals surface area contributed by atoms with Crippen LogP contribution in [0, 0.1) is 13.8 Å². The number of hydrogen-bond donors (Lipinski definition) is 1. The van der Waals surface area contributed by atoms with Crippen molar-refractivity contribution in [3.05, 3.63) is 52.3 Å². The van der Waals surface area contributed by atoms with Gasteiger partial charge in [-0.05, 0) is 31.0 Å². The summed E-state index contributed by atoms with van der Waals surface area (Å²) in [6.45, 7) is 3.77. The fourth-order valence-electron chi connectivity index (χ4n) is 1.74. The zero-order valence-corrected chi connectivity index (χ0v) is 11.5. The van der Waals surface area contributed by atoms with Gasteiger partial charge in [0.2, 0.25) is 11.9 Å². The Labute approximate surface area is 116 Å². The van der Waals surface area contributed by atoms with Crippen LogP contribution in [0.2, 0.25) is 5.15 Å². The minimum atomic E-state index is -0.157. The first-order valence-electron chi connectivity index (χ1n) is 5.90. The Morgan fingerprint density at radius 2 is 2.00 bits per heavy atom. The van der Waals surface area contributed by atoms with E-state index in [1.165, 1.54) is 0 Å². The molecule has 0 radical (unpaired) electrons. The van der Waals surface area contributed by atoms with Gasteiger partial charge in [0.25, 0.3) is 0 Å². The first-order valence-corrected chi connectivity index (χ1v) is 6.28. The third-order valence-electron chi connectivity index (χ3n) is 2.69. The Balaban J connectivity index is 2.07. The highest BCUT2D eigenvalue weighted by atomic mass is 35.5. The molecule has 0 saturated carbocycles. The molecule has 0 atom stereocenters. The fraction of sp³-hybridized carbons (Fsp3) is 0.214. The van der Waals surface area contributed by atoms with Crippen LogP contribution in [0.4, 0.5) is 5.95 Å². The zero-order chi connectivity index (χ0) is 13.8. The van der Waals surface area contributed by atoms with E-state index in [0.717, 1.165) is 11.1 Å². The van der Waals surface area contributed by atoms with Crippen molar-refractivity contribution in [2.24, 2.45) is 0 Å². The maximum atomic E-state index is 11.9. The number of nitrogens with one attached hydrogen (secondary N) is 1. The first kappa shape index (κ1) is 13.5. The topological polar surface area (TPSA) is 54.9 Å². The van der Waals surface area contributed by atoms with E-state index >= 15 is 0 Å². The first-order chi connectivity index (χ1) is 9.04. The van der Waals surface area contributed by atoms with Gasteiger partial charge in [0, 0.05) is 5.69 Å². The second kappa shape index (κ2) is 5.80. The molecule has 98 valence electrons. The molecule has 19 heavy (non-hydrogen) atoms. The maximum Gasteiger partial charge on any atom is 0.231 e. The van der Waals surface area contributed by atoms with Gasteiger partial charge in [-0.1, -0.05) is 35.9 Å². The van der Waals surface area contributed by atoms with Gasteiger partial charge in [-0.15, -0.1) is 0 Å². The third kappa shape index (κ3) is 3.76. The number of anilines is 1. The van der Waals surface area contributed by atoms with Gasteiger partial charge in [0.1, 0.15) is 5.15 Å². The van der Waals surface area contributed by atoms with Crippen molar-refractivity contribution < 1.29 is 4.79 Å². The molecule has 0 aliphatic heterocycles. The Morgan fingerprint density at radius 3 is 2.68 bits per heavy atom. The Morgan fingerprint density at radius 1 is 1.26 bits per heavy atom. The molecule has 2 aromatic rings. The highest BCUT2D eigenvalue weighted by Gasteiger charge is 2.08. The number of carbonyl (C=O) groups is 1. The van der Waals surface area contributed by atoms with Crippen molar-refractivity contribution in [2.45, 2.75) is 20.3 Å². The predicted octanol–water partition coefficient (Wildman–Crippen LogP) is 2.93. The van der Waals surface area contributed by atoms with Crippen LogP contribution in [-0.2, 0) is 11.2 Å². The summed E-state index contributed by atoms with van der Waals surface area (Å²) in [6.07, 6.45) is 0.293. The van der Waals surface area contributed by atoms with Crippen molar-refractivity contribution in [3.8, 4) is 0 Å². The molecule has 0 bridgehead atoms. The van der Waals surface area contributed by atoms with Crippen molar-refractivity contribution >= 4 is 23.5 Å². The number of carbonyl (C=O) groups excluding carboxylic acids is 1.